The van der Waals surface area contributed by atoms with Gasteiger partial charge < -0.3 is 5.73 Å². The Morgan fingerprint density at radius 1 is 1.78 bits per heavy atom. The quantitative estimate of drug-likeness (QED) is 0.662. The van der Waals surface area contributed by atoms with Crippen molar-refractivity contribution < 1.29 is 4.79 Å². The van der Waals surface area contributed by atoms with Crippen molar-refractivity contribution in [1.29, 1.82) is 0 Å². The lowest BCUT2D eigenvalue weighted by atomic mass is 10.2. The Labute approximate surface area is 57.3 Å². The fourth-order valence-corrected chi connectivity index (χ4v) is 1.22. The Morgan fingerprint density at radius 2 is 2.56 bits per heavy atom. The molecule has 0 aliphatic rings. The van der Waals surface area contributed by atoms with E-state index >= 15 is 0 Å². The van der Waals surface area contributed by atoms with Crippen LogP contribution in [0.4, 0.5) is 0 Å². The van der Waals surface area contributed by atoms with Crippen LogP contribution in [0.1, 0.15) is 11.6 Å². The van der Waals surface area contributed by atoms with Gasteiger partial charge in [-0.1, -0.05) is 0 Å². The van der Waals surface area contributed by atoms with Crippen LogP contribution in [0.25, 0.3) is 0 Å². The molecule has 1 radical (unpaired) electrons. The van der Waals surface area contributed by atoms with E-state index in [1.807, 2.05) is 16.8 Å². The summed E-state index contributed by atoms with van der Waals surface area (Å²) in [6.45, 7) is 0. The van der Waals surface area contributed by atoms with Crippen LogP contribution in [0.5, 0.6) is 0 Å². The van der Waals surface area contributed by atoms with Gasteiger partial charge in [0, 0.05) is 0 Å². The SMILES string of the molecule is NC([C]=O)c1ccsc1. The second kappa shape index (κ2) is 2.75. The van der Waals surface area contributed by atoms with Crippen LogP contribution in [0.15, 0.2) is 16.8 Å². The number of rotatable bonds is 2. The number of nitrogens with two attached hydrogens (primary N) is 1. The molecule has 0 aliphatic heterocycles. The lowest BCUT2D eigenvalue weighted by molar-refractivity contribution is 0.544. The molecule has 3 heteroatoms. The fraction of sp³-hybridized carbons (Fsp3) is 0.167. The van der Waals surface area contributed by atoms with Gasteiger partial charge in [0.05, 0.1) is 6.04 Å². The Balaban J connectivity index is 2.76. The van der Waals surface area contributed by atoms with Gasteiger partial charge in [0.15, 0.2) is 0 Å². The van der Waals surface area contributed by atoms with E-state index in [4.69, 9.17) is 5.73 Å². The second-order valence-electron chi connectivity index (χ2n) is 1.65. The Bertz CT molecular complexity index is 183. The van der Waals surface area contributed by atoms with Crippen LogP contribution in [-0.4, -0.2) is 6.29 Å². The topological polar surface area (TPSA) is 43.1 Å². The van der Waals surface area contributed by atoms with Gasteiger partial charge in [-0.15, -0.1) is 0 Å². The lowest BCUT2D eigenvalue weighted by Gasteiger charge is -1.94. The molecule has 9 heavy (non-hydrogen) atoms. The molecule has 0 bridgehead atoms. The molecular formula is C6H6NOS. The normalized spacial score (nSPS) is 13.0. The molecule has 2 nitrogen and oxygen atoms in total. The maximum Gasteiger partial charge on any atom is 0.221 e. The molecule has 1 unspecified atom stereocenters. The standard InChI is InChI=1S/C6H6NOS/c7-6(3-8)5-1-2-9-4-5/h1-2,4,6H,7H2. The summed E-state index contributed by atoms with van der Waals surface area (Å²) in [6.07, 6.45) is 1.70. The van der Waals surface area contributed by atoms with Gasteiger partial charge in [0.2, 0.25) is 6.29 Å². The van der Waals surface area contributed by atoms with Crippen molar-refractivity contribution >= 4 is 17.6 Å². The Morgan fingerprint density at radius 3 is 3.00 bits per heavy atom. The third-order valence-corrected chi connectivity index (χ3v) is 1.73. The summed E-state index contributed by atoms with van der Waals surface area (Å²) in [5.74, 6) is 0. The first-order valence-electron chi connectivity index (χ1n) is 2.50. The summed E-state index contributed by atoms with van der Waals surface area (Å²) in [6, 6.07) is 1.26. The highest BCUT2D eigenvalue weighted by Gasteiger charge is 2.02. The van der Waals surface area contributed by atoms with E-state index in [9.17, 15) is 4.79 Å². The second-order valence-corrected chi connectivity index (χ2v) is 2.43. The minimum absolute atomic E-state index is 0.559. The largest absolute Gasteiger partial charge is 0.317 e. The van der Waals surface area contributed by atoms with E-state index in [-0.39, 0.29) is 0 Å². The number of hydrogen-bond donors (Lipinski definition) is 1. The van der Waals surface area contributed by atoms with Crippen LogP contribution in [0.3, 0.4) is 0 Å². The lowest BCUT2D eigenvalue weighted by Crippen LogP contribution is -2.09. The van der Waals surface area contributed by atoms with Crippen molar-refractivity contribution in [3.8, 4) is 0 Å². The molecule has 0 saturated carbocycles. The van der Waals surface area contributed by atoms with E-state index in [0.29, 0.717) is 0 Å². The summed E-state index contributed by atoms with van der Waals surface area (Å²) in [7, 11) is 0. The van der Waals surface area contributed by atoms with Gasteiger partial charge in [-0.05, 0) is 22.4 Å². The molecule has 0 aromatic carbocycles. The summed E-state index contributed by atoms with van der Waals surface area (Å²) in [5, 5.41) is 3.72. The average molecular weight is 140 g/mol. The third kappa shape index (κ3) is 1.37. The molecule has 1 rings (SSSR count). The van der Waals surface area contributed by atoms with Crippen molar-refractivity contribution in [2.24, 2.45) is 5.73 Å². The van der Waals surface area contributed by atoms with Gasteiger partial charge in [-0.3, -0.25) is 4.79 Å². The summed E-state index contributed by atoms with van der Waals surface area (Å²) in [4.78, 5) is 9.96. The minimum atomic E-state index is -0.559. The average Bonchev–Trinajstić information content (AvgIpc) is 2.37. The Kier molecular flexibility index (Phi) is 1.97. The van der Waals surface area contributed by atoms with Gasteiger partial charge in [-0.2, -0.15) is 11.3 Å². The summed E-state index contributed by atoms with van der Waals surface area (Å²) in [5.41, 5.74) is 6.16. The molecule has 1 heterocycles. The first kappa shape index (κ1) is 6.45. The zero-order valence-electron chi connectivity index (χ0n) is 4.70. The van der Waals surface area contributed by atoms with E-state index in [0.717, 1.165) is 5.56 Å². The molecule has 0 amide bonds. The highest BCUT2D eigenvalue weighted by Crippen LogP contribution is 2.11. The summed E-state index contributed by atoms with van der Waals surface area (Å²) < 4.78 is 0. The zero-order chi connectivity index (χ0) is 6.69. The molecule has 2 N–H and O–H groups in total. The van der Waals surface area contributed by atoms with Crippen LogP contribution < -0.4 is 5.73 Å². The van der Waals surface area contributed by atoms with E-state index in [1.54, 1.807) is 6.29 Å². The molecule has 0 saturated heterocycles. The monoisotopic (exact) mass is 140 g/mol. The fourth-order valence-electron chi connectivity index (χ4n) is 0.520. The number of thiophene rings is 1. The highest BCUT2D eigenvalue weighted by molar-refractivity contribution is 7.08. The van der Waals surface area contributed by atoms with E-state index < -0.39 is 6.04 Å². The van der Waals surface area contributed by atoms with Crippen LogP contribution >= 0.6 is 11.3 Å². The molecule has 1 aromatic heterocycles. The maximum absolute atomic E-state index is 9.96. The molecule has 0 spiro atoms. The van der Waals surface area contributed by atoms with E-state index in [2.05, 4.69) is 0 Å². The van der Waals surface area contributed by atoms with Gasteiger partial charge in [0.25, 0.3) is 0 Å². The van der Waals surface area contributed by atoms with Crippen molar-refractivity contribution in [2.75, 3.05) is 0 Å². The van der Waals surface area contributed by atoms with Crippen molar-refractivity contribution in [2.45, 2.75) is 6.04 Å². The van der Waals surface area contributed by atoms with Crippen molar-refractivity contribution in [3.63, 3.8) is 0 Å². The Hall–Kier alpha value is -0.670. The first-order valence-corrected chi connectivity index (χ1v) is 3.44. The summed E-state index contributed by atoms with van der Waals surface area (Å²) >= 11 is 1.52. The van der Waals surface area contributed by atoms with E-state index in [1.165, 1.54) is 11.3 Å². The van der Waals surface area contributed by atoms with Gasteiger partial charge >= 0.3 is 0 Å². The van der Waals surface area contributed by atoms with Crippen molar-refractivity contribution in [1.82, 2.24) is 0 Å². The molecule has 1 atom stereocenters. The van der Waals surface area contributed by atoms with Crippen molar-refractivity contribution in [3.05, 3.63) is 22.4 Å². The van der Waals surface area contributed by atoms with Crippen LogP contribution in [0.2, 0.25) is 0 Å². The predicted molar refractivity (Wildman–Crippen MR) is 36.9 cm³/mol. The van der Waals surface area contributed by atoms with Gasteiger partial charge in [-0.25, -0.2) is 0 Å². The molecule has 1 aromatic rings. The number of hydrogen-bond acceptors (Lipinski definition) is 3. The first-order chi connectivity index (χ1) is 4.34. The number of carbonyl (C=O) groups excluding carboxylic acids is 1. The smallest absolute Gasteiger partial charge is 0.221 e. The predicted octanol–water partition coefficient (Wildman–Crippen LogP) is 0.858. The van der Waals surface area contributed by atoms with Gasteiger partial charge in [0.1, 0.15) is 0 Å². The molecule has 0 fully saturated rings. The molecular weight excluding hydrogens is 134 g/mol. The maximum atomic E-state index is 9.96. The zero-order valence-corrected chi connectivity index (χ0v) is 5.52. The molecule has 0 aliphatic carbocycles. The third-order valence-electron chi connectivity index (χ3n) is 1.03. The van der Waals surface area contributed by atoms with Crippen LogP contribution in [-0.2, 0) is 4.79 Å². The highest BCUT2D eigenvalue weighted by atomic mass is 32.1. The molecule has 47 valence electrons. The van der Waals surface area contributed by atoms with Crippen LogP contribution in [0, 0.1) is 0 Å². The minimum Gasteiger partial charge on any atom is -0.317 e.